The van der Waals surface area contributed by atoms with Crippen LogP contribution < -0.4 is 4.90 Å². The van der Waals surface area contributed by atoms with Crippen molar-refractivity contribution in [3.8, 4) is 0 Å². The van der Waals surface area contributed by atoms with Gasteiger partial charge in [0.2, 0.25) is 0 Å². The van der Waals surface area contributed by atoms with Crippen LogP contribution >= 0.6 is 0 Å². The van der Waals surface area contributed by atoms with E-state index in [2.05, 4.69) is 40.9 Å². The van der Waals surface area contributed by atoms with Crippen molar-refractivity contribution in [1.82, 2.24) is 14.8 Å². The fourth-order valence-corrected chi connectivity index (χ4v) is 3.41. The van der Waals surface area contributed by atoms with Crippen molar-refractivity contribution < 1.29 is 0 Å². The summed E-state index contributed by atoms with van der Waals surface area (Å²) < 4.78 is 0. The van der Waals surface area contributed by atoms with Crippen LogP contribution in [0.1, 0.15) is 30.4 Å². The first kappa shape index (κ1) is 14.8. The number of rotatable bonds is 3. The quantitative estimate of drug-likeness (QED) is 0.850. The van der Waals surface area contributed by atoms with Crippen molar-refractivity contribution in [2.45, 2.75) is 32.7 Å². The molecule has 1 aromatic rings. The molecule has 2 aliphatic rings. The van der Waals surface area contributed by atoms with E-state index in [-0.39, 0.29) is 0 Å². The van der Waals surface area contributed by atoms with Crippen LogP contribution in [0.3, 0.4) is 0 Å². The molecule has 0 spiro atoms. The Bertz CT molecular complexity index is 460. The van der Waals surface area contributed by atoms with Gasteiger partial charge >= 0.3 is 0 Å². The molecule has 2 saturated heterocycles. The summed E-state index contributed by atoms with van der Waals surface area (Å²) in [6.45, 7) is 10.3. The zero-order valence-electron chi connectivity index (χ0n) is 13.5. The summed E-state index contributed by atoms with van der Waals surface area (Å²) >= 11 is 0. The Morgan fingerprint density at radius 2 is 1.71 bits per heavy atom. The van der Waals surface area contributed by atoms with Crippen LogP contribution in [0.25, 0.3) is 0 Å². The second-order valence-corrected chi connectivity index (χ2v) is 6.61. The first-order chi connectivity index (χ1) is 10.2. The number of nitrogens with zero attached hydrogens (tertiary/aromatic N) is 4. The Kier molecular flexibility index (Phi) is 4.76. The summed E-state index contributed by atoms with van der Waals surface area (Å²) in [5.74, 6) is 1.21. The van der Waals surface area contributed by atoms with Gasteiger partial charge in [-0.3, -0.25) is 4.90 Å². The lowest BCUT2D eigenvalue weighted by Gasteiger charge is -2.32. The molecule has 3 rings (SSSR count). The van der Waals surface area contributed by atoms with Gasteiger partial charge in [-0.15, -0.1) is 0 Å². The summed E-state index contributed by atoms with van der Waals surface area (Å²) in [5, 5.41) is 0. The van der Waals surface area contributed by atoms with Gasteiger partial charge in [0.15, 0.2) is 0 Å². The molecule has 4 nitrogen and oxygen atoms in total. The molecule has 0 radical (unpaired) electrons. The topological polar surface area (TPSA) is 22.6 Å². The Hall–Kier alpha value is -1.13. The van der Waals surface area contributed by atoms with Crippen molar-refractivity contribution in [3.63, 3.8) is 0 Å². The fourth-order valence-electron chi connectivity index (χ4n) is 3.41. The molecule has 0 bridgehead atoms. The molecule has 0 amide bonds. The van der Waals surface area contributed by atoms with Gasteiger partial charge in [0.1, 0.15) is 5.82 Å². The minimum Gasteiger partial charge on any atom is -0.356 e. The van der Waals surface area contributed by atoms with Gasteiger partial charge in [0.25, 0.3) is 0 Å². The van der Waals surface area contributed by atoms with Gasteiger partial charge in [0.05, 0.1) is 0 Å². The molecule has 1 aromatic heterocycles. The van der Waals surface area contributed by atoms with Gasteiger partial charge in [-0.1, -0.05) is 0 Å². The number of hydrogen-bond donors (Lipinski definition) is 0. The van der Waals surface area contributed by atoms with Gasteiger partial charge < -0.3 is 9.80 Å². The number of piperazine rings is 1. The lowest BCUT2D eigenvalue weighted by Crippen LogP contribution is -2.43. The van der Waals surface area contributed by atoms with Gasteiger partial charge in [-0.2, -0.15) is 0 Å². The Morgan fingerprint density at radius 1 is 1.00 bits per heavy atom. The molecule has 2 fully saturated rings. The van der Waals surface area contributed by atoms with Crippen LogP contribution in [0.2, 0.25) is 0 Å². The van der Waals surface area contributed by atoms with Crippen molar-refractivity contribution in [3.05, 3.63) is 23.4 Å². The van der Waals surface area contributed by atoms with Crippen LogP contribution in [0.4, 0.5) is 5.82 Å². The highest BCUT2D eigenvalue weighted by Crippen LogP contribution is 2.22. The predicted molar refractivity (Wildman–Crippen MR) is 87.8 cm³/mol. The minimum absolute atomic E-state index is 1.04. The SMILES string of the molecule is Cc1cc(CN2CCN(C)CC2)cnc1N1CCCCC1. The summed E-state index contributed by atoms with van der Waals surface area (Å²) in [6.07, 6.45) is 6.08. The summed E-state index contributed by atoms with van der Waals surface area (Å²) in [7, 11) is 2.20. The van der Waals surface area contributed by atoms with Crippen LogP contribution in [-0.4, -0.2) is 61.1 Å². The van der Waals surface area contributed by atoms with Gasteiger partial charge in [0, 0.05) is 52.0 Å². The summed E-state index contributed by atoms with van der Waals surface area (Å²) in [6, 6.07) is 2.34. The maximum Gasteiger partial charge on any atom is 0.131 e. The molecule has 0 saturated carbocycles. The second-order valence-electron chi connectivity index (χ2n) is 6.61. The molecule has 21 heavy (non-hydrogen) atoms. The average molecular weight is 288 g/mol. The monoisotopic (exact) mass is 288 g/mol. The largest absolute Gasteiger partial charge is 0.356 e. The van der Waals surface area contributed by atoms with Crippen molar-refractivity contribution in [2.24, 2.45) is 0 Å². The van der Waals surface area contributed by atoms with E-state index in [1.54, 1.807) is 0 Å². The molecule has 0 atom stereocenters. The third-order valence-corrected chi connectivity index (χ3v) is 4.76. The average Bonchev–Trinajstić information content (AvgIpc) is 2.51. The van der Waals surface area contributed by atoms with Crippen molar-refractivity contribution in [2.75, 3.05) is 51.2 Å². The number of likely N-dealkylation sites (N-methyl/N-ethyl adjacent to an activating group) is 1. The first-order valence-electron chi connectivity index (χ1n) is 8.34. The number of aromatic nitrogens is 1. The number of pyridine rings is 1. The van der Waals surface area contributed by atoms with E-state index in [1.165, 1.54) is 75.5 Å². The number of aryl methyl sites for hydroxylation is 1. The van der Waals surface area contributed by atoms with E-state index < -0.39 is 0 Å². The summed E-state index contributed by atoms with van der Waals surface area (Å²) in [4.78, 5) is 12.2. The Balaban J connectivity index is 1.63. The maximum absolute atomic E-state index is 4.77. The highest BCUT2D eigenvalue weighted by Gasteiger charge is 2.17. The Morgan fingerprint density at radius 3 is 2.38 bits per heavy atom. The predicted octanol–water partition coefficient (Wildman–Crippen LogP) is 2.13. The molecule has 3 heterocycles. The van der Waals surface area contributed by atoms with Crippen LogP contribution in [0.15, 0.2) is 12.3 Å². The molecule has 4 heteroatoms. The molecule has 0 N–H and O–H groups in total. The molecular weight excluding hydrogens is 260 g/mol. The highest BCUT2D eigenvalue weighted by molar-refractivity contribution is 5.47. The third-order valence-electron chi connectivity index (χ3n) is 4.76. The molecule has 0 unspecified atom stereocenters. The third kappa shape index (κ3) is 3.74. The molecular formula is C17H28N4. The van der Waals surface area contributed by atoms with E-state index >= 15 is 0 Å². The zero-order chi connectivity index (χ0) is 14.7. The lowest BCUT2D eigenvalue weighted by atomic mass is 10.1. The lowest BCUT2D eigenvalue weighted by molar-refractivity contribution is 0.148. The van der Waals surface area contributed by atoms with E-state index in [0.29, 0.717) is 0 Å². The summed E-state index contributed by atoms with van der Waals surface area (Å²) in [5.41, 5.74) is 2.70. The molecule has 0 aliphatic carbocycles. The molecule has 116 valence electrons. The Labute approximate surface area is 128 Å². The highest BCUT2D eigenvalue weighted by atomic mass is 15.2. The van der Waals surface area contributed by atoms with E-state index in [4.69, 9.17) is 4.98 Å². The standard InChI is InChI=1S/C17H28N4/c1-15-12-16(14-20-10-8-19(2)9-11-20)13-18-17(15)21-6-4-3-5-7-21/h12-13H,3-11,14H2,1-2H3. The van der Waals surface area contributed by atoms with Crippen LogP contribution in [-0.2, 0) is 6.54 Å². The number of piperidine rings is 1. The van der Waals surface area contributed by atoms with E-state index in [1.807, 2.05) is 0 Å². The van der Waals surface area contributed by atoms with Crippen molar-refractivity contribution in [1.29, 1.82) is 0 Å². The zero-order valence-corrected chi connectivity index (χ0v) is 13.5. The van der Waals surface area contributed by atoms with Gasteiger partial charge in [-0.25, -0.2) is 4.98 Å². The van der Waals surface area contributed by atoms with E-state index in [9.17, 15) is 0 Å². The number of hydrogen-bond acceptors (Lipinski definition) is 4. The van der Waals surface area contributed by atoms with Gasteiger partial charge in [-0.05, 0) is 50.4 Å². The van der Waals surface area contributed by atoms with Crippen LogP contribution in [0, 0.1) is 6.92 Å². The molecule has 0 aromatic carbocycles. The second kappa shape index (κ2) is 6.75. The first-order valence-corrected chi connectivity index (χ1v) is 8.34. The minimum atomic E-state index is 1.04. The molecule has 2 aliphatic heterocycles. The van der Waals surface area contributed by atoms with E-state index in [0.717, 1.165) is 6.54 Å². The van der Waals surface area contributed by atoms with Crippen molar-refractivity contribution >= 4 is 5.82 Å². The van der Waals surface area contributed by atoms with Crippen LogP contribution in [0.5, 0.6) is 0 Å². The normalized spacial score (nSPS) is 21.7. The fraction of sp³-hybridized carbons (Fsp3) is 0.706. The maximum atomic E-state index is 4.77. The smallest absolute Gasteiger partial charge is 0.131 e. The number of anilines is 1.